The topological polar surface area (TPSA) is 52.9 Å². The van der Waals surface area contributed by atoms with Crippen molar-refractivity contribution in [3.05, 3.63) is 12.2 Å². The predicted molar refractivity (Wildman–Crippen MR) is 45.1 cm³/mol. The van der Waals surface area contributed by atoms with Crippen LogP contribution in [0.5, 0.6) is 0 Å². The molecule has 0 unspecified atom stereocenters. The Morgan fingerprint density at radius 3 is 2.75 bits per heavy atom. The van der Waals surface area contributed by atoms with E-state index < -0.39 is 0 Å². The zero-order chi connectivity index (χ0) is 8.97. The second-order valence-electron chi connectivity index (χ2n) is 3.00. The molecule has 0 aromatic heterocycles. The maximum atomic E-state index is 11.3. The fraction of sp³-hybridized carbons (Fsp3) is 0.556. The first-order valence-electron chi connectivity index (χ1n) is 4.09. The van der Waals surface area contributed by atoms with Gasteiger partial charge < -0.3 is 5.32 Å². The Morgan fingerprint density at radius 2 is 2.25 bits per heavy atom. The minimum atomic E-state index is -0.377. The fourth-order valence-corrected chi connectivity index (χ4v) is 1.19. The Morgan fingerprint density at radius 1 is 1.67 bits per heavy atom. The molecule has 0 saturated carbocycles. The van der Waals surface area contributed by atoms with Crippen LogP contribution >= 0.6 is 0 Å². The third kappa shape index (κ3) is 2.09. The molecule has 1 N–H and O–H groups in total. The number of rotatable bonds is 2. The second-order valence-corrected chi connectivity index (χ2v) is 3.00. The van der Waals surface area contributed by atoms with Gasteiger partial charge in [-0.05, 0) is 19.8 Å². The molecule has 1 aliphatic rings. The Hall–Kier alpha value is -1.30. The van der Waals surface area contributed by atoms with E-state index in [1.807, 2.05) is 18.2 Å². The fourth-order valence-electron chi connectivity index (χ4n) is 1.19. The molecule has 0 spiro atoms. The largest absolute Gasteiger partial charge is 0.340 e. The standard InChI is InChI=1S/C9H12N2O/c1-7(6-10)11-9(12)8-4-2-3-5-8/h2-3,7-8H,4-5H2,1H3,(H,11,12)/t7-/m1/s1. The Bertz CT molecular complexity index is 231. The summed E-state index contributed by atoms with van der Waals surface area (Å²) in [7, 11) is 0. The summed E-state index contributed by atoms with van der Waals surface area (Å²) in [5, 5.41) is 11.1. The molecule has 1 rings (SSSR count). The van der Waals surface area contributed by atoms with Crippen molar-refractivity contribution >= 4 is 5.91 Å². The van der Waals surface area contributed by atoms with Crippen LogP contribution < -0.4 is 5.32 Å². The molecule has 1 amide bonds. The van der Waals surface area contributed by atoms with Crippen LogP contribution in [0.4, 0.5) is 0 Å². The highest BCUT2D eigenvalue weighted by Gasteiger charge is 2.19. The van der Waals surface area contributed by atoms with Crippen LogP contribution in [0.25, 0.3) is 0 Å². The van der Waals surface area contributed by atoms with Crippen LogP contribution in [-0.4, -0.2) is 11.9 Å². The summed E-state index contributed by atoms with van der Waals surface area (Å²) in [6.45, 7) is 1.68. The lowest BCUT2D eigenvalue weighted by atomic mass is 10.1. The lowest BCUT2D eigenvalue weighted by Crippen LogP contribution is -2.35. The number of nitrogens with zero attached hydrogens (tertiary/aromatic N) is 1. The summed E-state index contributed by atoms with van der Waals surface area (Å²) in [6, 6.07) is 1.59. The minimum absolute atomic E-state index is 0.00551. The molecule has 12 heavy (non-hydrogen) atoms. The van der Waals surface area contributed by atoms with E-state index in [-0.39, 0.29) is 17.9 Å². The first-order chi connectivity index (χ1) is 5.74. The van der Waals surface area contributed by atoms with Crippen LogP contribution in [-0.2, 0) is 4.79 Å². The molecule has 0 fully saturated rings. The van der Waals surface area contributed by atoms with E-state index in [1.165, 1.54) is 0 Å². The third-order valence-corrected chi connectivity index (χ3v) is 1.93. The second kappa shape index (κ2) is 3.91. The van der Waals surface area contributed by atoms with Crippen molar-refractivity contribution in [2.24, 2.45) is 5.92 Å². The van der Waals surface area contributed by atoms with Gasteiger partial charge in [0.15, 0.2) is 0 Å². The van der Waals surface area contributed by atoms with Crippen LogP contribution in [0.2, 0.25) is 0 Å². The highest BCUT2D eigenvalue weighted by Crippen LogP contribution is 2.17. The van der Waals surface area contributed by atoms with E-state index in [2.05, 4.69) is 5.32 Å². The van der Waals surface area contributed by atoms with E-state index in [0.29, 0.717) is 0 Å². The van der Waals surface area contributed by atoms with E-state index >= 15 is 0 Å². The Labute approximate surface area is 72.1 Å². The highest BCUT2D eigenvalue weighted by molar-refractivity contribution is 5.80. The predicted octanol–water partition coefficient (Wildman–Crippen LogP) is 0.981. The van der Waals surface area contributed by atoms with Crippen LogP contribution in [0.1, 0.15) is 19.8 Å². The molecule has 0 heterocycles. The number of carbonyl (C=O) groups is 1. The van der Waals surface area contributed by atoms with Gasteiger partial charge in [-0.3, -0.25) is 4.79 Å². The molecule has 0 bridgehead atoms. The molecule has 1 aliphatic carbocycles. The normalized spacial score (nSPS) is 18.7. The zero-order valence-electron chi connectivity index (χ0n) is 7.08. The molecular weight excluding hydrogens is 152 g/mol. The van der Waals surface area contributed by atoms with Gasteiger partial charge in [-0.25, -0.2) is 0 Å². The van der Waals surface area contributed by atoms with Gasteiger partial charge in [0.25, 0.3) is 0 Å². The van der Waals surface area contributed by atoms with Gasteiger partial charge in [-0.2, -0.15) is 5.26 Å². The van der Waals surface area contributed by atoms with Crippen LogP contribution in [0, 0.1) is 17.2 Å². The number of hydrogen-bond donors (Lipinski definition) is 1. The van der Waals surface area contributed by atoms with Crippen molar-refractivity contribution in [3.63, 3.8) is 0 Å². The molecule has 0 aliphatic heterocycles. The molecule has 0 aromatic rings. The first kappa shape index (κ1) is 8.79. The lowest BCUT2D eigenvalue weighted by molar-refractivity contribution is -0.124. The van der Waals surface area contributed by atoms with Gasteiger partial charge in [0.1, 0.15) is 6.04 Å². The number of amides is 1. The van der Waals surface area contributed by atoms with Crippen molar-refractivity contribution in [1.82, 2.24) is 5.32 Å². The average Bonchev–Trinajstić information content (AvgIpc) is 2.56. The molecule has 1 atom stereocenters. The van der Waals surface area contributed by atoms with E-state index in [0.717, 1.165) is 12.8 Å². The molecule has 3 nitrogen and oxygen atoms in total. The molecular formula is C9H12N2O. The number of carbonyl (C=O) groups excluding carboxylic acids is 1. The number of hydrogen-bond acceptors (Lipinski definition) is 2. The summed E-state index contributed by atoms with van der Waals surface area (Å²) in [6.07, 6.45) is 5.62. The van der Waals surface area contributed by atoms with Crippen molar-refractivity contribution in [2.75, 3.05) is 0 Å². The number of nitrogens with one attached hydrogen (secondary N) is 1. The quantitative estimate of drug-likeness (QED) is 0.618. The minimum Gasteiger partial charge on any atom is -0.340 e. The summed E-state index contributed by atoms with van der Waals surface area (Å²) < 4.78 is 0. The van der Waals surface area contributed by atoms with Gasteiger partial charge in [-0.15, -0.1) is 0 Å². The number of nitriles is 1. The zero-order valence-corrected chi connectivity index (χ0v) is 7.08. The maximum Gasteiger partial charge on any atom is 0.224 e. The summed E-state index contributed by atoms with van der Waals surface area (Å²) >= 11 is 0. The monoisotopic (exact) mass is 164 g/mol. The van der Waals surface area contributed by atoms with E-state index in [1.54, 1.807) is 6.92 Å². The lowest BCUT2D eigenvalue weighted by Gasteiger charge is -2.10. The van der Waals surface area contributed by atoms with Crippen molar-refractivity contribution in [1.29, 1.82) is 5.26 Å². The van der Waals surface area contributed by atoms with Gasteiger partial charge in [0.05, 0.1) is 6.07 Å². The van der Waals surface area contributed by atoms with Crippen LogP contribution in [0.15, 0.2) is 12.2 Å². The highest BCUT2D eigenvalue weighted by atomic mass is 16.1. The summed E-state index contributed by atoms with van der Waals surface area (Å²) in [5.41, 5.74) is 0. The first-order valence-corrected chi connectivity index (χ1v) is 4.09. The van der Waals surface area contributed by atoms with Crippen molar-refractivity contribution in [3.8, 4) is 6.07 Å². The van der Waals surface area contributed by atoms with Gasteiger partial charge >= 0.3 is 0 Å². The summed E-state index contributed by atoms with van der Waals surface area (Å²) in [5.74, 6) is 0.0508. The van der Waals surface area contributed by atoms with Gasteiger partial charge in [0.2, 0.25) is 5.91 Å². The Balaban J connectivity index is 2.34. The maximum absolute atomic E-state index is 11.3. The van der Waals surface area contributed by atoms with Crippen molar-refractivity contribution < 1.29 is 4.79 Å². The van der Waals surface area contributed by atoms with Crippen molar-refractivity contribution in [2.45, 2.75) is 25.8 Å². The summed E-state index contributed by atoms with van der Waals surface area (Å²) in [4.78, 5) is 11.3. The van der Waals surface area contributed by atoms with Gasteiger partial charge in [0, 0.05) is 5.92 Å². The van der Waals surface area contributed by atoms with Crippen LogP contribution in [0.3, 0.4) is 0 Å². The number of allylic oxidation sites excluding steroid dienone is 2. The molecule has 3 heteroatoms. The Kier molecular flexibility index (Phi) is 2.87. The molecule has 0 radical (unpaired) electrons. The average molecular weight is 164 g/mol. The third-order valence-electron chi connectivity index (χ3n) is 1.93. The van der Waals surface area contributed by atoms with E-state index in [9.17, 15) is 4.79 Å². The molecule has 0 aromatic carbocycles. The van der Waals surface area contributed by atoms with Gasteiger partial charge in [-0.1, -0.05) is 12.2 Å². The molecule has 0 saturated heterocycles. The van der Waals surface area contributed by atoms with E-state index in [4.69, 9.17) is 5.26 Å². The molecule has 64 valence electrons. The SMILES string of the molecule is C[C@H](C#N)NC(=O)C1CC=CC1. The smallest absolute Gasteiger partial charge is 0.224 e.